The Morgan fingerprint density at radius 1 is 1.09 bits per heavy atom. The van der Waals surface area contributed by atoms with E-state index in [-0.39, 0.29) is 17.7 Å². The lowest BCUT2D eigenvalue weighted by atomic mass is 9.83. The first kappa shape index (κ1) is 23.9. The molecule has 0 aliphatic carbocycles. The highest BCUT2D eigenvalue weighted by Gasteiger charge is 2.38. The number of ether oxygens (including phenoxy) is 2. The molecule has 3 aliphatic rings. The molecule has 3 saturated heterocycles. The largest absolute Gasteiger partial charge is 0.493 e. The molecule has 0 spiro atoms. The Bertz CT molecular complexity index is 843. The van der Waals surface area contributed by atoms with E-state index in [0.29, 0.717) is 43.0 Å². The molecular weight excluding hydrogens is 418 g/mol. The Kier molecular flexibility index (Phi) is 7.78. The number of rotatable bonds is 8. The summed E-state index contributed by atoms with van der Waals surface area (Å²) in [7, 11) is 5.17. The Morgan fingerprint density at radius 2 is 1.88 bits per heavy atom. The van der Waals surface area contributed by atoms with Gasteiger partial charge in [-0.3, -0.25) is 9.59 Å². The topological polar surface area (TPSA) is 62.3 Å². The molecule has 3 fully saturated rings. The van der Waals surface area contributed by atoms with Gasteiger partial charge >= 0.3 is 0 Å². The van der Waals surface area contributed by atoms with Crippen molar-refractivity contribution in [2.24, 2.45) is 11.8 Å². The summed E-state index contributed by atoms with van der Waals surface area (Å²) in [5.74, 6) is 1.94. The van der Waals surface area contributed by atoms with Gasteiger partial charge in [-0.05, 0) is 68.8 Å². The van der Waals surface area contributed by atoms with E-state index in [4.69, 9.17) is 9.47 Å². The molecule has 33 heavy (non-hydrogen) atoms. The third-order valence-corrected chi connectivity index (χ3v) is 7.80. The Labute approximate surface area is 198 Å². The molecule has 182 valence electrons. The van der Waals surface area contributed by atoms with Crippen LogP contribution in [-0.4, -0.2) is 86.5 Å². The zero-order valence-corrected chi connectivity index (χ0v) is 20.4. The monoisotopic (exact) mass is 457 g/mol. The number of hydrogen-bond acceptors (Lipinski definition) is 5. The Hall–Kier alpha value is -2.28. The van der Waals surface area contributed by atoms with E-state index >= 15 is 0 Å². The lowest BCUT2D eigenvalue weighted by Gasteiger charge is -2.45. The van der Waals surface area contributed by atoms with Crippen LogP contribution in [0.2, 0.25) is 0 Å². The number of hydrogen-bond donors (Lipinski definition) is 0. The number of carbonyl (C=O) groups is 2. The summed E-state index contributed by atoms with van der Waals surface area (Å²) in [4.78, 5) is 32.2. The molecule has 0 bridgehead atoms. The van der Waals surface area contributed by atoms with Crippen molar-refractivity contribution in [2.75, 3.05) is 54.0 Å². The average molecular weight is 458 g/mol. The molecule has 0 aromatic heterocycles. The highest BCUT2D eigenvalue weighted by molar-refractivity contribution is 5.89. The standard InChI is InChI=1S/C26H39N3O4/c1-27(17-20-7-6-13-28-12-5-4-8-22(20)28)26(31)21-16-25(30)29(18-21)14-11-19-9-10-23(32-2)24(15-19)33-3/h9-10,15,20-22H,4-8,11-14,16-18H2,1-3H3. The van der Waals surface area contributed by atoms with E-state index < -0.39 is 0 Å². The second kappa shape index (κ2) is 10.8. The number of likely N-dealkylation sites (tertiary alicyclic amines) is 1. The highest BCUT2D eigenvalue weighted by atomic mass is 16.5. The zero-order valence-electron chi connectivity index (χ0n) is 20.4. The second-order valence-electron chi connectivity index (χ2n) is 9.90. The maximum Gasteiger partial charge on any atom is 0.227 e. The van der Waals surface area contributed by atoms with Crippen LogP contribution in [-0.2, 0) is 16.0 Å². The summed E-state index contributed by atoms with van der Waals surface area (Å²) in [6.07, 6.45) is 7.37. The van der Waals surface area contributed by atoms with Crippen LogP contribution in [0.4, 0.5) is 0 Å². The quantitative estimate of drug-likeness (QED) is 0.601. The minimum absolute atomic E-state index is 0.0818. The number of amides is 2. The van der Waals surface area contributed by atoms with Gasteiger partial charge in [0, 0.05) is 39.1 Å². The molecule has 3 atom stereocenters. The van der Waals surface area contributed by atoms with E-state index in [9.17, 15) is 9.59 Å². The third kappa shape index (κ3) is 5.45. The maximum atomic E-state index is 13.2. The number of carbonyl (C=O) groups excluding carboxylic acids is 2. The van der Waals surface area contributed by atoms with Crippen LogP contribution < -0.4 is 9.47 Å². The molecule has 0 saturated carbocycles. The summed E-state index contributed by atoms with van der Waals surface area (Å²) in [5, 5.41) is 0. The molecule has 3 heterocycles. The van der Waals surface area contributed by atoms with Crippen LogP contribution in [0.15, 0.2) is 18.2 Å². The van der Waals surface area contributed by atoms with Gasteiger partial charge in [0.1, 0.15) is 0 Å². The van der Waals surface area contributed by atoms with Crippen LogP contribution in [0.3, 0.4) is 0 Å². The number of fused-ring (bicyclic) bond motifs is 1. The molecule has 1 aromatic carbocycles. The van der Waals surface area contributed by atoms with E-state index in [2.05, 4.69) is 4.90 Å². The van der Waals surface area contributed by atoms with Crippen molar-refractivity contribution in [3.05, 3.63) is 23.8 Å². The van der Waals surface area contributed by atoms with Crippen molar-refractivity contribution < 1.29 is 19.1 Å². The molecule has 0 N–H and O–H groups in total. The van der Waals surface area contributed by atoms with Gasteiger partial charge in [-0.25, -0.2) is 0 Å². The predicted octanol–water partition coefficient (Wildman–Crippen LogP) is 2.82. The molecule has 2 amide bonds. The predicted molar refractivity (Wildman–Crippen MR) is 128 cm³/mol. The van der Waals surface area contributed by atoms with E-state index in [1.54, 1.807) is 14.2 Å². The van der Waals surface area contributed by atoms with Crippen molar-refractivity contribution in [1.82, 2.24) is 14.7 Å². The van der Waals surface area contributed by atoms with Crippen LogP contribution >= 0.6 is 0 Å². The number of benzene rings is 1. The summed E-state index contributed by atoms with van der Waals surface area (Å²) in [6.45, 7) is 4.38. The van der Waals surface area contributed by atoms with E-state index in [1.165, 1.54) is 45.2 Å². The summed E-state index contributed by atoms with van der Waals surface area (Å²) < 4.78 is 10.7. The highest BCUT2D eigenvalue weighted by Crippen LogP contribution is 2.32. The first-order valence-corrected chi connectivity index (χ1v) is 12.5. The van der Waals surface area contributed by atoms with E-state index in [0.717, 1.165) is 18.5 Å². The fourth-order valence-electron chi connectivity index (χ4n) is 6.00. The molecule has 4 rings (SSSR count). The van der Waals surface area contributed by atoms with Gasteiger partial charge in [-0.15, -0.1) is 0 Å². The van der Waals surface area contributed by atoms with Crippen molar-refractivity contribution in [3.8, 4) is 11.5 Å². The molecular formula is C26H39N3O4. The van der Waals surface area contributed by atoms with Gasteiger partial charge in [0.05, 0.1) is 20.1 Å². The molecule has 0 radical (unpaired) electrons. The summed E-state index contributed by atoms with van der Waals surface area (Å²) in [5.41, 5.74) is 1.08. The maximum absolute atomic E-state index is 13.2. The first-order valence-electron chi connectivity index (χ1n) is 12.5. The van der Waals surface area contributed by atoms with Gasteiger partial charge < -0.3 is 24.2 Å². The zero-order chi connectivity index (χ0) is 23.4. The van der Waals surface area contributed by atoms with Crippen LogP contribution in [0, 0.1) is 11.8 Å². The van der Waals surface area contributed by atoms with Crippen LogP contribution in [0.1, 0.15) is 44.1 Å². The number of piperidine rings is 2. The Morgan fingerprint density at radius 3 is 2.67 bits per heavy atom. The fraction of sp³-hybridized carbons (Fsp3) is 0.692. The van der Waals surface area contributed by atoms with Crippen molar-refractivity contribution >= 4 is 11.8 Å². The normalized spacial score (nSPS) is 25.6. The van der Waals surface area contributed by atoms with Crippen molar-refractivity contribution in [3.63, 3.8) is 0 Å². The second-order valence-corrected chi connectivity index (χ2v) is 9.90. The summed E-state index contributed by atoms with van der Waals surface area (Å²) >= 11 is 0. The third-order valence-electron chi connectivity index (χ3n) is 7.80. The molecule has 3 unspecified atom stereocenters. The number of methoxy groups -OCH3 is 2. The van der Waals surface area contributed by atoms with Gasteiger partial charge in [0.25, 0.3) is 0 Å². The number of nitrogens with zero attached hydrogens (tertiary/aromatic N) is 3. The van der Waals surface area contributed by atoms with Crippen molar-refractivity contribution in [1.29, 1.82) is 0 Å². The smallest absolute Gasteiger partial charge is 0.227 e. The average Bonchev–Trinajstić information content (AvgIpc) is 3.22. The first-order chi connectivity index (χ1) is 16.0. The minimum Gasteiger partial charge on any atom is -0.493 e. The van der Waals surface area contributed by atoms with Crippen LogP contribution in [0.5, 0.6) is 11.5 Å². The van der Waals surface area contributed by atoms with Gasteiger partial charge in [0.15, 0.2) is 11.5 Å². The molecule has 1 aromatic rings. The minimum atomic E-state index is -0.223. The molecule has 3 aliphatic heterocycles. The summed E-state index contributed by atoms with van der Waals surface area (Å²) in [6, 6.07) is 6.47. The van der Waals surface area contributed by atoms with Gasteiger partial charge in [0.2, 0.25) is 11.8 Å². The fourth-order valence-corrected chi connectivity index (χ4v) is 6.00. The van der Waals surface area contributed by atoms with E-state index in [1.807, 2.05) is 35.0 Å². The van der Waals surface area contributed by atoms with Gasteiger partial charge in [-0.2, -0.15) is 0 Å². The Balaban J connectivity index is 1.29. The molecule has 7 heteroatoms. The van der Waals surface area contributed by atoms with Crippen molar-refractivity contribution in [2.45, 2.75) is 51.0 Å². The lowest BCUT2D eigenvalue weighted by molar-refractivity contribution is -0.135. The van der Waals surface area contributed by atoms with Crippen LogP contribution in [0.25, 0.3) is 0 Å². The SMILES string of the molecule is COc1ccc(CCN2CC(C(=O)N(C)CC3CCCN4CCCCC34)CC2=O)cc1OC. The molecule has 7 nitrogen and oxygen atoms in total. The lowest BCUT2D eigenvalue weighted by Crippen LogP contribution is -2.51. The van der Waals surface area contributed by atoms with Gasteiger partial charge in [-0.1, -0.05) is 12.5 Å².